The van der Waals surface area contributed by atoms with Crippen molar-refractivity contribution in [1.29, 1.82) is 0 Å². The van der Waals surface area contributed by atoms with E-state index < -0.39 is 0 Å². The minimum Gasteiger partial charge on any atom is -0.233 e. The van der Waals surface area contributed by atoms with Gasteiger partial charge >= 0.3 is 0 Å². The van der Waals surface area contributed by atoms with E-state index in [-0.39, 0.29) is 5.82 Å². The summed E-state index contributed by atoms with van der Waals surface area (Å²) < 4.78 is 15.1. The molecule has 0 aliphatic rings. The van der Waals surface area contributed by atoms with Gasteiger partial charge in [-0.15, -0.1) is 0 Å². The summed E-state index contributed by atoms with van der Waals surface area (Å²) in [6.07, 6.45) is 0. The Hall–Kier alpha value is -3.01. The Balaban J connectivity index is 2.02. The molecule has 2 heterocycles. The van der Waals surface area contributed by atoms with Crippen LogP contribution in [0.4, 0.5) is 4.39 Å². The van der Waals surface area contributed by atoms with E-state index in [2.05, 4.69) is 22.2 Å². The molecule has 3 nitrogen and oxygen atoms in total. The zero-order chi connectivity index (χ0) is 16.7. The van der Waals surface area contributed by atoms with Gasteiger partial charge in [0, 0.05) is 16.8 Å². The highest BCUT2D eigenvalue weighted by molar-refractivity contribution is 5.81. The summed E-state index contributed by atoms with van der Waals surface area (Å²) in [6.45, 7) is 3.93. The van der Waals surface area contributed by atoms with Crippen LogP contribution in [0, 0.1) is 19.7 Å². The molecule has 0 amide bonds. The number of halogens is 1. The third kappa shape index (κ3) is 2.36. The number of hydrogen-bond acceptors (Lipinski definition) is 2. The summed E-state index contributed by atoms with van der Waals surface area (Å²) in [4.78, 5) is 4.69. The number of aromatic nitrogens is 3. The summed E-state index contributed by atoms with van der Waals surface area (Å²) in [7, 11) is 0. The summed E-state index contributed by atoms with van der Waals surface area (Å²) >= 11 is 0. The normalized spacial score (nSPS) is 11.1. The van der Waals surface area contributed by atoms with Crippen molar-refractivity contribution in [2.24, 2.45) is 0 Å². The van der Waals surface area contributed by atoms with E-state index in [0.29, 0.717) is 0 Å². The van der Waals surface area contributed by atoms with Crippen molar-refractivity contribution in [3.05, 3.63) is 77.9 Å². The smallest absolute Gasteiger partial charge is 0.164 e. The fourth-order valence-corrected chi connectivity index (χ4v) is 3.01. The second kappa shape index (κ2) is 5.57. The maximum Gasteiger partial charge on any atom is 0.164 e. The molecule has 2 aromatic carbocycles. The maximum absolute atomic E-state index is 13.3. The highest BCUT2D eigenvalue weighted by Crippen LogP contribution is 2.30. The van der Waals surface area contributed by atoms with Gasteiger partial charge in [-0.3, -0.25) is 0 Å². The fourth-order valence-electron chi connectivity index (χ4n) is 3.01. The van der Waals surface area contributed by atoms with E-state index in [9.17, 15) is 4.39 Å². The van der Waals surface area contributed by atoms with Crippen molar-refractivity contribution in [3.63, 3.8) is 0 Å². The lowest BCUT2D eigenvalue weighted by Gasteiger charge is -2.07. The predicted octanol–water partition coefficient (Wildman–Crippen LogP) is 4.82. The van der Waals surface area contributed by atoms with Crippen molar-refractivity contribution < 1.29 is 4.39 Å². The van der Waals surface area contributed by atoms with Crippen LogP contribution in [0.25, 0.3) is 28.0 Å². The van der Waals surface area contributed by atoms with Crippen molar-refractivity contribution in [2.75, 3.05) is 0 Å². The van der Waals surface area contributed by atoms with E-state index in [1.807, 2.05) is 42.6 Å². The van der Waals surface area contributed by atoms with Crippen LogP contribution >= 0.6 is 0 Å². The van der Waals surface area contributed by atoms with E-state index in [4.69, 9.17) is 0 Å². The molecule has 0 saturated carbocycles. The third-order valence-corrected chi connectivity index (χ3v) is 4.09. The summed E-state index contributed by atoms with van der Waals surface area (Å²) in [6, 6.07) is 18.6. The molecular weight excluding hydrogens is 301 g/mol. The molecule has 4 aromatic rings. The minimum absolute atomic E-state index is 0.248. The molecule has 0 saturated heterocycles. The molecule has 4 heteroatoms. The number of rotatable bonds is 2. The molecule has 0 bridgehead atoms. The largest absolute Gasteiger partial charge is 0.233 e. The first-order valence-corrected chi connectivity index (χ1v) is 7.82. The third-order valence-electron chi connectivity index (χ3n) is 4.09. The highest BCUT2D eigenvalue weighted by atomic mass is 19.1. The van der Waals surface area contributed by atoms with Crippen molar-refractivity contribution in [2.45, 2.75) is 13.8 Å². The second-order valence-electron chi connectivity index (χ2n) is 5.85. The summed E-state index contributed by atoms with van der Waals surface area (Å²) in [5.74, 6) is -0.248. The number of aryl methyl sites for hydroxylation is 2. The molecule has 0 aliphatic carbocycles. The van der Waals surface area contributed by atoms with Gasteiger partial charge < -0.3 is 0 Å². The molecule has 0 N–H and O–H groups in total. The monoisotopic (exact) mass is 317 g/mol. The van der Waals surface area contributed by atoms with Gasteiger partial charge in [-0.2, -0.15) is 5.10 Å². The van der Waals surface area contributed by atoms with Crippen LogP contribution in [-0.2, 0) is 0 Å². The van der Waals surface area contributed by atoms with Crippen LogP contribution in [0.3, 0.4) is 0 Å². The Bertz CT molecular complexity index is 1020. The Morgan fingerprint density at radius 2 is 1.58 bits per heavy atom. The van der Waals surface area contributed by atoms with Gasteiger partial charge in [-0.25, -0.2) is 13.9 Å². The van der Waals surface area contributed by atoms with E-state index >= 15 is 0 Å². The first-order valence-electron chi connectivity index (χ1n) is 7.82. The van der Waals surface area contributed by atoms with Gasteiger partial charge in [-0.05, 0) is 37.6 Å². The van der Waals surface area contributed by atoms with Gasteiger partial charge in [0.2, 0.25) is 0 Å². The standard InChI is InChI=1S/C20H16FN3/c1-13-12-18(15-6-4-3-5-7-15)24-20(22-13)19(14(2)23-24)16-8-10-17(21)11-9-16/h3-12H,1-2H3. The van der Waals surface area contributed by atoms with E-state index in [0.717, 1.165) is 39.4 Å². The van der Waals surface area contributed by atoms with Gasteiger partial charge in [0.15, 0.2) is 5.65 Å². The molecule has 0 unspecified atom stereocenters. The van der Waals surface area contributed by atoms with Gasteiger partial charge in [0.1, 0.15) is 5.82 Å². The van der Waals surface area contributed by atoms with Crippen LogP contribution < -0.4 is 0 Å². The molecule has 0 fully saturated rings. The van der Waals surface area contributed by atoms with Crippen LogP contribution in [0.5, 0.6) is 0 Å². The van der Waals surface area contributed by atoms with E-state index in [1.165, 1.54) is 12.1 Å². The maximum atomic E-state index is 13.3. The van der Waals surface area contributed by atoms with Crippen LogP contribution in [0.15, 0.2) is 60.7 Å². The second-order valence-corrected chi connectivity index (χ2v) is 5.85. The Morgan fingerprint density at radius 1 is 0.875 bits per heavy atom. The summed E-state index contributed by atoms with van der Waals surface area (Å²) in [5.41, 5.74) is 6.52. The topological polar surface area (TPSA) is 30.2 Å². The van der Waals surface area contributed by atoms with Crippen LogP contribution in [0.2, 0.25) is 0 Å². The molecule has 118 valence electrons. The number of fused-ring (bicyclic) bond motifs is 1. The Labute approximate surface area is 139 Å². The first-order chi connectivity index (χ1) is 11.6. The molecule has 0 spiro atoms. The van der Waals surface area contributed by atoms with E-state index in [1.54, 1.807) is 12.1 Å². The average molecular weight is 317 g/mol. The van der Waals surface area contributed by atoms with Crippen molar-refractivity contribution in [3.8, 4) is 22.4 Å². The lowest BCUT2D eigenvalue weighted by molar-refractivity contribution is 0.628. The SMILES string of the molecule is Cc1cc(-c2ccccc2)n2nc(C)c(-c3ccc(F)cc3)c2n1. The summed E-state index contributed by atoms with van der Waals surface area (Å²) in [5, 5.41) is 4.69. The molecule has 0 aliphatic heterocycles. The quantitative estimate of drug-likeness (QED) is 0.530. The molecule has 4 rings (SSSR count). The first kappa shape index (κ1) is 14.6. The van der Waals surface area contributed by atoms with Crippen LogP contribution in [0.1, 0.15) is 11.4 Å². The predicted molar refractivity (Wildman–Crippen MR) is 93.3 cm³/mol. The minimum atomic E-state index is -0.248. The van der Waals surface area contributed by atoms with Gasteiger partial charge in [0.25, 0.3) is 0 Å². The highest BCUT2D eigenvalue weighted by Gasteiger charge is 2.16. The zero-order valence-electron chi connectivity index (χ0n) is 13.5. The van der Waals surface area contributed by atoms with Crippen molar-refractivity contribution >= 4 is 5.65 Å². The van der Waals surface area contributed by atoms with Crippen molar-refractivity contribution in [1.82, 2.24) is 14.6 Å². The fraction of sp³-hybridized carbons (Fsp3) is 0.100. The molecule has 2 aromatic heterocycles. The lowest BCUT2D eigenvalue weighted by atomic mass is 10.1. The van der Waals surface area contributed by atoms with Crippen LogP contribution in [-0.4, -0.2) is 14.6 Å². The molecule has 0 radical (unpaired) electrons. The Kier molecular flexibility index (Phi) is 3.38. The number of benzene rings is 2. The Morgan fingerprint density at radius 3 is 2.29 bits per heavy atom. The molecule has 24 heavy (non-hydrogen) atoms. The zero-order valence-corrected chi connectivity index (χ0v) is 13.5. The van der Waals surface area contributed by atoms with Gasteiger partial charge in [-0.1, -0.05) is 42.5 Å². The lowest BCUT2D eigenvalue weighted by Crippen LogP contribution is -1.98. The molecule has 0 atom stereocenters. The number of nitrogens with zero attached hydrogens (tertiary/aromatic N) is 3. The number of hydrogen-bond donors (Lipinski definition) is 0. The average Bonchev–Trinajstić information content (AvgIpc) is 2.91. The van der Waals surface area contributed by atoms with Gasteiger partial charge in [0.05, 0.1) is 11.4 Å². The molecular formula is C20H16FN3.